The van der Waals surface area contributed by atoms with Gasteiger partial charge in [0.25, 0.3) is 0 Å². The number of carbonyl (C=O) groups excluding carboxylic acids is 1. The molecule has 0 aromatic rings. The number of aliphatic hydroxyl groups is 1. The van der Waals surface area contributed by atoms with E-state index in [-0.39, 0.29) is 42.5 Å². The number of rotatable bonds is 4. The second-order valence-electron chi connectivity index (χ2n) is 4.51. The molecule has 0 aromatic heterocycles. The maximum Gasteiger partial charge on any atom is 0.224 e. The van der Waals surface area contributed by atoms with Gasteiger partial charge in [-0.05, 0) is 6.92 Å². The minimum absolute atomic E-state index is 0.0140. The SMILES string of the molecule is CC(CO)N(C)C(=O)CC1CS(=O)(=O)CCN1. The van der Waals surface area contributed by atoms with Crippen molar-refractivity contribution < 1.29 is 18.3 Å². The topological polar surface area (TPSA) is 86.7 Å². The molecular formula is C10H20N2O4S. The second kappa shape index (κ2) is 5.79. The van der Waals surface area contributed by atoms with Gasteiger partial charge in [-0.25, -0.2) is 8.42 Å². The number of sulfone groups is 1. The van der Waals surface area contributed by atoms with Crippen LogP contribution in [-0.4, -0.2) is 68.1 Å². The highest BCUT2D eigenvalue weighted by Gasteiger charge is 2.27. The maximum atomic E-state index is 11.8. The summed E-state index contributed by atoms with van der Waals surface area (Å²) in [7, 11) is -1.40. The van der Waals surface area contributed by atoms with E-state index < -0.39 is 9.84 Å². The first-order valence-electron chi connectivity index (χ1n) is 5.66. The highest BCUT2D eigenvalue weighted by Crippen LogP contribution is 2.08. The Kier molecular flexibility index (Phi) is 4.91. The van der Waals surface area contributed by atoms with Crippen LogP contribution >= 0.6 is 0 Å². The Hall–Kier alpha value is -0.660. The molecule has 0 saturated carbocycles. The third-order valence-electron chi connectivity index (χ3n) is 3.04. The van der Waals surface area contributed by atoms with Crippen molar-refractivity contribution in [3.8, 4) is 0 Å². The summed E-state index contributed by atoms with van der Waals surface area (Å²) in [6, 6.07) is -0.558. The van der Waals surface area contributed by atoms with Crippen molar-refractivity contribution in [2.24, 2.45) is 0 Å². The average Bonchev–Trinajstić information content (AvgIpc) is 2.25. The molecule has 2 N–H and O–H groups in total. The standard InChI is InChI=1S/C10H20N2O4S/c1-8(6-13)12(2)10(14)5-9-7-17(15,16)4-3-11-9/h8-9,11,13H,3-7H2,1-2H3. The molecule has 1 amide bonds. The van der Waals surface area contributed by atoms with Crippen molar-refractivity contribution >= 4 is 15.7 Å². The Labute approximate surface area is 102 Å². The summed E-state index contributed by atoms with van der Waals surface area (Å²) in [5.74, 6) is 0.00172. The fraction of sp³-hybridized carbons (Fsp3) is 0.900. The van der Waals surface area contributed by atoms with Crippen LogP contribution in [0.1, 0.15) is 13.3 Å². The zero-order chi connectivity index (χ0) is 13.1. The van der Waals surface area contributed by atoms with E-state index in [1.165, 1.54) is 4.90 Å². The molecule has 0 bridgehead atoms. The summed E-state index contributed by atoms with van der Waals surface area (Å²) in [5, 5.41) is 12.0. The van der Waals surface area contributed by atoms with E-state index in [0.29, 0.717) is 6.54 Å². The highest BCUT2D eigenvalue weighted by atomic mass is 32.2. The Bertz CT molecular complexity index is 369. The molecule has 2 atom stereocenters. The quantitative estimate of drug-likeness (QED) is 0.652. The van der Waals surface area contributed by atoms with Gasteiger partial charge >= 0.3 is 0 Å². The number of aliphatic hydroxyl groups excluding tert-OH is 1. The molecule has 100 valence electrons. The molecule has 7 heteroatoms. The Morgan fingerprint density at radius 2 is 2.24 bits per heavy atom. The first-order valence-corrected chi connectivity index (χ1v) is 7.48. The molecule has 0 aromatic carbocycles. The van der Waals surface area contributed by atoms with Gasteiger partial charge in [-0.3, -0.25) is 4.79 Å². The van der Waals surface area contributed by atoms with E-state index in [1.807, 2.05) is 0 Å². The summed E-state index contributed by atoms with van der Waals surface area (Å²) < 4.78 is 22.8. The molecule has 1 heterocycles. The highest BCUT2D eigenvalue weighted by molar-refractivity contribution is 7.91. The van der Waals surface area contributed by atoms with Crippen LogP contribution in [0.5, 0.6) is 0 Å². The number of hydrogen-bond donors (Lipinski definition) is 2. The van der Waals surface area contributed by atoms with E-state index in [0.717, 1.165) is 0 Å². The lowest BCUT2D eigenvalue weighted by Gasteiger charge is -2.28. The van der Waals surface area contributed by atoms with Gasteiger partial charge < -0.3 is 15.3 Å². The normalized spacial score (nSPS) is 25.2. The fourth-order valence-electron chi connectivity index (χ4n) is 1.72. The monoisotopic (exact) mass is 264 g/mol. The number of nitrogens with zero attached hydrogens (tertiary/aromatic N) is 1. The van der Waals surface area contributed by atoms with Crippen molar-refractivity contribution in [2.45, 2.75) is 25.4 Å². The number of carbonyl (C=O) groups is 1. The first kappa shape index (κ1) is 14.4. The van der Waals surface area contributed by atoms with Crippen LogP contribution in [0.15, 0.2) is 0 Å². The van der Waals surface area contributed by atoms with Gasteiger partial charge in [-0.15, -0.1) is 0 Å². The van der Waals surface area contributed by atoms with Crippen molar-refractivity contribution in [2.75, 3.05) is 31.7 Å². The molecule has 0 aliphatic carbocycles. The maximum absolute atomic E-state index is 11.8. The smallest absolute Gasteiger partial charge is 0.224 e. The molecule has 1 aliphatic heterocycles. The molecule has 1 fully saturated rings. The number of amides is 1. The molecule has 1 saturated heterocycles. The van der Waals surface area contributed by atoms with Gasteiger partial charge in [0.1, 0.15) is 0 Å². The summed E-state index contributed by atoms with van der Waals surface area (Å²) in [6.07, 6.45) is 0.153. The lowest BCUT2D eigenvalue weighted by Crippen LogP contribution is -2.48. The molecule has 1 aliphatic rings. The van der Waals surface area contributed by atoms with Crippen LogP contribution in [0.2, 0.25) is 0 Å². The zero-order valence-electron chi connectivity index (χ0n) is 10.2. The van der Waals surface area contributed by atoms with Crippen LogP contribution in [-0.2, 0) is 14.6 Å². The van der Waals surface area contributed by atoms with Gasteiger partial charge in [-0.2, -0.15) is 0 Å². The largest absolute Gasteiger partial charge is 0.394 e. The van der Waals surface area contributed by atoms with E-state index >= 15 is 0 Å². The average molecular weight is 264 g/mol. The van der Waals surface area contributed by atoms with Crippen LogP contribution in [0.25, 0.3) is 0 Å². The summed E-state index contributed by atoms with van der Waals surface area (Å²) in [6.45, 7) is 2.04. The molecule has 2 unspecified atom stereocenters. The fourth-order valence-corrected chi connectivity index (χ4v) is 3.17. The summed E-state index contributed by atoms with van der Waals surface area (Å²) in [4.78, 5) is 13.2. The van der Waals surface area contributed by atoms with Crippen molar-refractivity contribution in [3.05, 3.63) is 0 Å². The van der Waals surface area contributed by atoms with Gasteiger partial charge in [0, 0.05) is 26.1 Å². The molecule has 17 heavy (non-hydrogen) atoms. The van der Waals surface area contributed by atoms with Crippen LogP contribution in [0.3, 0.4) is 0 Å². The summed E-state index contributed by atoms with van der Waals surface area (Å²) in [5.41, 5.74) is 0. The Morgan fingerprint density at radius 1 is 1.59 bits per heavy atom. The van der Waals surface area contributed by atoms with E-state index in [4.69, 9.17) is 5.11 Å². The molecule has 6 nitrogen and oxygen atoms in total. The molecule has 0 spiro atoms. The Morgan fingerprint density at radius 3 is 2.76 bits per heavy atom. The van der Waals surface area contributed by atoms with Gasteiger partial charge in [-0.1, -0.05) is 0 Å². The van der Waals surface area contributed by atoms with Crippen molar-refractivity contribution in [1.82, 2.24) is 10.2 Å². The van der Waals surface area contributed by atoms with Gasteiger partial charge in [0.05, 0.1) is 24.2 Å². The van der Waals surface area contributed by atoms with Gasteiger partial charge in [0.15, 0.2) is 9.84 Å². The van der Waals surface area contributed by atoms with E-state index in [9.17, 15) is 13.2 Å². The molecular weight excluding hydrogens is 244 g/mol. The van der Waals surface area contributed by atoms with Crippen molar-refractivity contribution in [1.29, 1.82) is 0 Å². The van der Waals surface area contributed by atoms with E-state index in [1.54, 1.807) is 14.0 Å². The van der Waals surface area contributed by atoms with E-state index in [2.05, 4.69) is 5.32 Å². The predicted octanol–water partition coefficient (Wildman–Crippen LogP) is -1.40. The number of likely N-dealkylation sites (N-methyl/N-ethyl adjacent to an activating group) is 1. The summed E-state index contributed by atoms with van der Waals surface area (Å²) >= 11 is 0. The van der Waals surface area contributed by atoms with Crippen molar-refractivity contribution in [3.63, 3.8) is 0 Å². The lowest BCUT2D eigenvalue weighted by molar-refractivity contribution is -0.132. The predicted molar refractivity (Wildman–Crippen MR) is 64.4 cm³/mol. The van der Waals surface area contributed by atoms with Crippen LogP contribution in [0, 0.1) is 0 Å². The minimum atomic E-state index is -3.01. The third kappa shape index (κ3) is 4.25. The zero-order valence-corrected chi connectivity index (χ0v) is 11.0. The van der Waals surface area contributed by atoms with Crippen LogP contribution < -0.4 is 5.32 Å². The second-order valence-corrected chi connectivity index (χ2v) is 6.73. The van der Waals surface area contributed by atoms with Gasteiger partial charge in [0.2, 0.25) is 5.91 Å². The lowest BCUT2D eigenvalue weighted by atomic mass is 10.2. The number of nitrogens with one attached hydrogen (secondary N) is 1. The molecule has 1 rings (SSSR count). The number of hydrogen-bond acceptors (Lipinski definition) is 5. The Balaban J connectivity index is 2.51. The van der Waals surface area contributed by atoms with Crippen LogP contribution in [0.4, 0.5) is 0 Å². The first-order chi connectivity index (χ1) is 7.85. The molecule has 0 radical (unpaired) electrons. The third-order valence-corrected chi connectivity index (χ3v) is 4.78. The minimum Gasteiger partial charge on any atom is -0.394 e.